The van der Waals surface area contributed by atoms with Crippen LogP contribution in [0.15, 0.2) is 52.8 Å². The van der Waals surface area contributed by atoms with Gasteiger partial charge in [-0.25, -0.2) is 4.79 Å². The van der Waals surface area contributed by atoms with Gasteiger partial charge in [0.25, 0.3) is 0 Å². The molecule has 0 saturated heterocycles. The van der Waals surface area contributed by atoms with Gasteiger partial charge >= 0.3 is 5.97 Å². The van der Waals surface area contributed by atoms with Gasteiger partial charge in [0.2, 0.25) is 0 Å². The number of carbonyl (C=O) groups is 1. The van der Waals surface area contributed by atoms with E-state index in [1.54, 1.807) is 20.2 Å². The number of phenols is 1. The Kier molecular flexibility index (Phi) is 4.18. The number of nitrogens with zero attached hydrogens (tertiary/aromatic N) is 3. The molecule has 0 radical (unpaired) electrons. The van der Waals surface area contributed by atoms with Crippen molar-refractivity contribution in [2.45, 2.75) is 0 Å². The van der Waals surface area contributed by atoms with Gasteiger partial charge in [-0.15, -0.1) is 5.11 Å². The van der Waals surface area contributed by atoms with Gasteiger partial charge in [0.15, 0.2) is 0 Å². The average molecular weight is 285 g/mol. The Labute approximate surface area is 122 Å². The number of hydrogen-bond donors (Lipinski definition) is 2. The summed E-state index contributed by atoms with van der Waals surface area (Å²) < 4.78 is 0. The summed E-state index contributed by atoms with van der Waals surface area (Å²) in [6, 6.07) is 12.3. The van der Waals surface area contributed by atoms with Crippen LogP contribution in [0, 0.1) is 0 Å². The zero-order valence-electron chi connectivity index (χ0n) is 11.7. The number of aromatic hydroxyl groups is 1. The van der Waals surface area contributed by atoms with E-state index in [2.05, 4.69) is 10.3 Å². The lowest BCUT2D eigenvalue weighted by Crippen LogP contribution is -2.01. The van der Waals surface area contributed by atoms with Crippen LogP contribution in [0.1, 0.15) is 10.4 Å². The van der Waals surface area contributed by atoms with Crippen molar-refractivity contribution < 1.29 is 15.0 Å². The molecule has 0 saturated carbocycles. The third-order valence-corrected chi connectivity index (χ3v) is 2.75. The summed E-state index contributed by atoms with van der Waals surface area (Å²) in [6.07, 6.45) is 0. The normalized spacial score (nSPS) is 10.8. The van der Waals surface area contributed by atoms with Crippen LogP contribution in [0.2, 0.25) is 0 Å². The second-order valence-electron chi connectivity index (χ2n) is 4.60. The standard InChI is InChI=1S/C15H15N3O3/c1-18(2)17-16-12-8-11(10-6-4-3-5-7-10)9-13(19)14(12)15(20)21/h3-9,19H,1-2H3,(H,20,21). The van der Waals surface area contributed by atoms with Crippen LogP contribution in [0.3, 0.4) is 0 Å². The first-order chi connectivity index (χ1) is 9.99. The molecule has 0 bridgehead atoms. The molecule has 0 spiro atoms. The van der Waals surface area contributed by atoms with Crippen LogP contribution in [-0.2, 0) is 0 Å². The van der Waals surface area contributed by atoms with E-state index in [9.17, 15) is 15.0 Å². The van der Waals surface area contributed by atoms with Crippen LogP contribution in [0.5, 0.6) is 5.75 Å². The number of benzene rings is 2. The maximum Gasteiger partial charge on any atom is 0.341 e. The highest BCUT2D eigenvalue weighted by atomic mass is 16.4. The lowest BCUT2D eigenvalue weighted by molar-refractivity contribution is 0.0694. The Bertz CT molecular complexity index is 682. The maximum atomic E-state index is 11.3. The smallest absolute Gasteiger partial charge is 0.341 e. The van der Waals surface area contributed by atoms with Crippen molar-refractivity contribution in [1.29, 1.82) is 0 Å². The second-order valence-corrected chi connectivity index (χ2v) is 4.60. The fraction of sp³-hybridized carbons (Fsp3) is 0.133. The zero-order chi connectivity index (χ0) is 15.4. The molecule has 2 aromatic carbocycles. The summed E-state index contributed by atoms with van der Waals surface area (Å²) in [5.41, 5.74) is 1.37. The molecule has 6 heteroatoms. The molecule has 108 valence electrons. The maximum absolute atomic E-state index is 11.3. The first kappa shape index (κ1) is 14.5. The topological polar surface area (TPSA) is 85.5 Å². The van der Waals surface area contributed by atoms with Crippen molar-refractivity contribution in [2.75, 3.05) is 14.1 Å². The highest BCUT2D eigenvalue weighted by Gasteiger charge is 2.17. The van der Waals surface area contributed by atoms with Gasteiger partial charge < -0.3 is 10.2 Å². The molecule has 2 aromatic rings. The first-order valence-electron chi connectivity index (χ1n) is 6.23. The molecule has 0 aliphatic carbocycles. The van der Waals surface area contributed by atoms with Crippen molar-refractivity contribution >= 4 is 11.7 Å². The van der Waals surface area contributed by atoms with E-state index in [1.807, 2.05) is 30.3 Å². The Morgan fingerprint density at radius 3 is 2.33 bits per heavy atom. The van der Waals surface area contributed by atoms with Crippen molar-refractivity contribution in [3.05, 3.63) is 48.0 Å². The van der Waals surface area contributed by atoms with E-state index >= 15 is 0 Å². The van der Waals surface area contributed by atoms with Crippen LogP contribution in [0.25, 0.3) is 11.1 Å². The number of carboxylic acid groups (broad SMARTS) is 1. The minimum atomic E-state index is -1.25. The molecular weight excluding hydrogens is 270 g/mol. The molecule has 0 amide bonds. The summed E-state index contributed by atoms with van der Waals surface area (Å²) in [7, 11) is 3.34. The Hall–Kier alpha value is -2.89. The summed E-state index contributed by atoms with van der Waals surface area (Å²) in [5, 5.41) is 28.3. The predicted molar refractivity (Wildman–Crippen MR) is 78.7 cm³/mol. The Morgan fingerprint density at radius 2 is 1.76 bits per heavy atom. The number of carboxylic acids is 1. The molecule has 0 aliphatic rings. The fourth-order valence-corrected chi connectivity index (χ4v) is 1.84. The lowest BCUT2D eigenvalue weighted by atomic mass is 10.0. The van der Waals surface area contributed by atoms with Gasteiger partial charge in [0, 0.05) is 14.1 Å². The van der Waals surface area contributed by atoms with E-state index in [4.69, 9.17) is 0 Å². The van der Waals surface area contributed by atoms with Gasteiger partial charge in [-0.3, -0.25) is 5.01 Å². The minimum absolute atomic E-state index is 0.107. The average Bonchev–Trinajstić information content (AvgIpc) is 2.45. The molecule has 0 aromatic heterocycles. The molecule has 0 aliphatic heterocycles. The number of aromatic carboxylic acids is 1. The van der Waals surface area contributed by atoms with Crippen molar-refractivity contribution in [2.24, 2.45) is 10.3 Å². The van der Waals surface area contributed by atoms with E-state index in [-0.39, 0.29) is 17.0 Å². The van der Waals surface area contributed by atoms with Crippen LogP contribution >= 0.6 is 0 Å². The molecule has 21 heavy (non-hydrogen) atoms. The first-order valence-corrected chi connectivity index (χ1v) is 6.23. The zero-order valence-corrected chi connectivity index (χ0v) is 11.7. The van der Waals surface area contributed by atoms with Crippen molar-refractivity contribution in [3.63, 3.8) is 0 Å². The van der Waals surface area contributed by atoms with Crippen molar-refractivity contribution in [3.8, 4) is 16.9 Å². The SMILES string of the molecule is CN(C)N=Nc1cc(-c2ccccc2)cc(O)c1C(=O)O. The molecule has 2 N–H and O–H groups in total. The quantitative estimate of drug-likeness (QED) is 0.666. The second kappa shape index (κ2) is 6.04. The highest BCUT2D eigenvalue weighted by molar-refractivity contribution is 5.97. The van der Waals surface area contributed by atoms with Gasteiger partial charge in [-0.1, -0.05) is 35.6 Å². The van der Waals surface area contributed by atoms with Gasteiger partial charge in [-0.2, -0.15) is 0 Å². The van der Waals surface area contributed by atoms with Gasteiger partial charge in [0.1, 0.15) is 17.0 Å². The van der Waals surface area contributed by atoms with E-state index in [0.717, 1.165) is 5.56 Å². The summed E-state index contributed by atoms with van der Waals surface area (Å²) in [4.78, 5) is 11.3. The van der Waals surface area contributed by atoms with Crippen LogP contribution in [0.4, 0.5) is 5.69 Å². The predicted octanol–water partition coefficient (Wildman–Crippen LogP) is 3.32. The highest BCUT2D eigenvalue weighted by Crippen LogP contribution is 2.34. The molecule has 6 nitrogen and oxygen atoms in total. The molecule has 2 rings (SSSR count). The number of rotatable bonds is 4. The van der Waals surface area contributed by atoms with E-state index < -0.39 is 5.97 Å². The van der Waals surface area contributed by atoms with Gasteiger partial charge in [0.05, 0.1) is 0 Å². The fourth-order valence-electron chi connectivity index (χ4n) is 1.84. The van der Waals surface area contributed by atoms with E-state index in [0.29, 0.717) is 5.56 Å². The minimum Gasteiger partial charge on any atom is -0.507 e. The monoisotopic (exact) mass is 285 g/mol. The third kappa shape index (κ3) is 3.36. The van der Waals surface area contributed by atoms with Gasteiger partial charge in [-0.05, 0) is 23.3 Å². The molecule has 0 fully saturated rings. The van der Waals surface area contributed by atoms with Crippen LogP contribution < -0.4 is 0 Å². The third-order valence-electron chi connectivity index (χ3n) is 2.75. The molecule has 0 unspecified atom stereocenters. The molecule has 0 atom stereocenters. The van der Waals surface area contributed by atoms with E-state index in [1.165, 1.54) is 11.1 Å². The van der Waals surface area contributed by atoms with Crippen LogP contribution in [-0.4, -0.2) is 35.3 Å². The van der Waals surface area contributed by atoms with Crippen molar-refractivity contribution in [1.82, 2.24) is 5.01 Å². The molecular formula is C15H15N3O3. The number of hydrogen-bond acceptors (Lipinski definition) is 4. The Morgan fingerprint density at radius 1 is 1.10 bits per heavy atom. The summed E-state index contributed by atoms with van der Waals surface area (Å²) >= 11 is 0. The summed E-state index contributed by atoms with van der Waals surface area (Å²) in [6.45, 7) is 0. The lowest BCUT2D eigenvalue weighted by Gasteiger charge is -2.09. The Balaban J connectivity index is 2.59. The molecule has 0 heterocycles. The largest absolute Gasteiger partial charge is 0.507 e. The summed E-state index contributed by atoms with van der Waals surface area (Å²) in [5.74, 6) is -1.59.